The van der Waals surface area contributed by atoms with Crippen molar-refractivity contribution in [2.24, 2.45) is 5.73 Å². The number of nitrogens with zero attached hydrogens (tertiary/aromatic N) is 1. The topological polar surface area (TPSA) is 48.1 Å². The molecule has 2 N–H and O–H groups in total. The molecule has 0 fully saturated rings. The van der Waals surface area contributed by atoms with Crippen LogP contribution in [0.2, 0.25) is 0 Å². The number of hydrogen-bond donors (Lipinski definition) is 1. The molecule has 1 heterocycles. The van der Waals surface area contributed by atoms with E-state index in [-0.39, 0.29) is 13.0 Å². The van der Waals surface area contributed by atoms with Crippen LogP contribution in [0.3, 0.4) is 0 Å². The quantitative estimate of drug-likeness (QED) is 0.812. The van der Waals surface area contributed by atoms with E-state index in [1.165, 1.54) is 18.4 Å². The fraction of sp³-hybridized carbons (Fsp3) is 0.438. The van der Waals surface area contributed by atoms with Gasteiger partial charge in [-0.2, -0.15) is 0 Å². The van der Waals surface area contributed by atoms with Gasteiger partial charge < -0.3 is 10.5 Å². The zero-order chi connectivity index (χ0) is 15.1. The summed E-state index contributed by atoms with van der Waals surface area (Å²) in [5.41, 5.74) is 6.05. The molecule has 5 heteroatoms. The highest BCUT2D eigenvalue weighted by Gasteiger charge is 2.30. The van der Waals surface area contributed by atoms with Gasteiger partial charge in [0, 0.05) is 24.5 Å². The van der Waals surface area contributed by atoms with Gasteiger partial charge in [0.1, 0.15) is 5.67 Å². The van der Waals surface area contributed by atoms with Crippen molar-refractivity contribution in [3.63, 3.8) is 0 Å². The molecule has 0 saturated heterocycles. The smallest absolute Gasteiger partial charge is 0.140 e. The Morgan fingerprint density at radius 3 is 2.76 bits per heavy atom. The Morgan fingerprint density at radius 1 is 1.33 bits per heavy atom. The zero-order valence-electron chi connectivity index (χ0n) is 12.2. The Balaban J connectivity index is 2.09. The minimum atomic E-state index is -1.39. The summed E-state index contributed by atoms with van der Waals surface area (Å²) in [7, 11) is 1.52. The second-order valence-corrected chi connectivity index (χ2v) is 6.09. The highest BCUT2D eigenvalue weighted by molar-refractivity contribution is 7.09. The van der Waals surface area contributed by atoms with Gasteiger partial charge in [-0.25, -0.2) is 9.37 Å². The van der Waals surface area contributed by atoms with Gasteiger partial charge in [-0.3, -0.25) is 0 Å². The normalized spacial score (nSPS) is 14.0. The molecule has 0 aliphatic heterocycles. The Hall–Kier alpha value is -1.30. The van der Waals surface area contributed by atoms with E-state index in [0.29, 0.717) is 19.4 Å². The number of thiazole rings is 1. The molecule has 0 amide bonds. The van der Waals surface area contributed by atoms with Crippen LogP contribution in [0.5, 0.6) is 0 Å². The van der Waals surface area contributed by atoms with E-state index in [1.807, 2.05) is 35.7 Å². The lowest BCUT2D eigenvalue weighted by molar-refractivity contribution is 0.0334. The van der Waals surface area contributed by atoms with Crippen molar-refractivity contribution in [3.05, 3.63) is 40.7 Å². The number of alkyl halides is 1. The first-order valence-electron chi connectivity index (χ1n) is 7.04. The van der Waals surface area contributed by atoms with Gasteiger partial charge in [0.05, 0.1) is 17.3 Å². The molecule has 21 heavy (non-hydrogen) atoms. The molecule has 0 radical (unpaired) electrons. The van der Waals surface area contributed by atoms with Crippen molar-refractivity contribution in [2.45, 2.75) is 24.9 Å². The molecular weight excluding hydrogens is 287 g/mol. The number of benzene rings is 1. The van der Waals surface area contributed by atoms with Crippen molar-refractivity contribution in [1.29, 1.82) is 0 Å². The molecule has 114 valence electrons. The number of aromatic nitrogens is 1. The van der Waals surface area contributed by atoms with Crippen LogP contribution in [0, 0.1) is 0 Å². The van der Waals surface area contributed by atoms with E-state index >= 15 is 0 Å². The van der Waals surface area contributed by atoms with E-state index in [0.717, 1.165) is 16.3 Å². The van der Waals surface area contributed by atoms with E-state index in [2.05, 4.69) is 4.98 Å². The maximum Gasteiger partial charge on any atom is 0.140 e. The first-order valence-corrected chi connectivity index (χ1v) is 7.92. The highest BCUT2D eigenvalue weighted by atomic mass is 32.1. The van der Waals surface area contributed by atoms with Crippen molar-refractivity contribution >= 4 is 11.3 Å². The van der Waals surface area contributed by atoms with Gasteiger partial charge >= 0.3 is 0 Å². The second kappa shape index (κ2) is 7.64. The maximum atomic E-state index is 14.9. The third-order valence-electron chi connectivity index (χ3n) is 3.32. The van der Waals surface area contributed by atoms with Crippen LogP contribution in [-0.4, -0.2) is 30.9 Å². The lowest BCUT2D eigenvalue weighted by Crippen LogP contribution is -2.32. The number of ether oxygens (including phenoxy) is 1. The fourth-order valence-corrected chi connectivity index (χ4v) is 3.22. The Bertz CT molecular complexity index is 546. The lowest BCUT2D eigenvalue weighted by Gasteiger charge is -2.23. The van der Waals surface area contributed by atoms with Gasteiger partial charge in [-0.1, -0.05) is 30.3 Å². The minimum absolute atomic E-state index is 0.0766. The molecule has 1 aromatic carbocycles. The van der Waals surface area contributed by atoms with E-state index in [4.69, 9.17) is 10.5 Å². The lowest BCUT2D eigenvalue weighted by atomic mass is 9.97. The average Bonchev–Trinajstić information content (AvgIpc) is 2.94. The molecule has 0 aliphatic carbocycles. The van der Waals surface area contributed by atoms with Gasteiger partial charge in [0.2, 0.25) is 0 Å². The third kappa shape index (κ3) is 4.59. The zero-order valence-corrected chi connectivity index (χ0v) is 13.0. The summed E-state index contributed by atoms with van der Waals surface area (Å²) < 4.78 is 19.9. The number of nitrogens with two attached hydrogens (primary N) is 1. The molecule has 0 aliphatic rings. The molecule has 0 saturated carbocycles. The van der Waals surface area contributed by atoms with Crippen molar-refractivity contribution < 1.29 is 9.13 Å². The Morgan fingerprint density at radius 2 is 2.10 bits per heavy atom. The van der Waals surface area contributed by atoms with E-state index in [1.54, 1.807) is 0 Å². The van der Waals surface area contributed by atoms with Crippen LogP contribution in [0.15, 0.2) is 35.7 Å². The minimum Gasteiger partial charge on any atom is -0.381 e. The average molecular weight is 308 g/mol. The third-order valence-corrected chi connectivity index (χ3v) is 4.17. The van der Waals surface area contributed by atoms with Crippen LogP contribution >= 0.6 is 11.3 Å². The van der Waals surface area contributed by atoms with Crippen molar-refractivity contribution in [1.82, 2.24) is 4.98 Å². The molecular formula is C16H21FN2OS. The van der Waals surface area contributed by atoms with Crippen LogP contribution in [0.4, 0.5) is 4.39 Å². The highest BCUT2D eigenvalue weighted by Crippen LogP contribution is 2.28. The van der Waals surface area contributed by atoms with Gasteiger partial charge in [0.25, 0.3) is 0 Å². The largest absolute Gasteiger partial charge is 0.381 e. The summed E-state index contributed by atoms with van der Waals surface area (Å²) in [5.74, 6) is 0. The number of rotatable bonds is 8. The Labute approximate surface area is 129 Å². The van der Waals surface area contributed by atoms with Gasteiger partial charge in [0.15, 0.2) is 0 Å². The van der Waals surface area contributed by atoms with Gasteiger partial charge in [-0.15, -0.1) is 11.3 Å². The molecule has 2 aromatic rings. The molecule has 0 spiro atoms. The van der Waals surface area contributed by atoms with Crippen molar-refractivity contribution in [2.75, 3.05) is 20.3 Å². The van der Waals surface area contributed by atoms with Crippen LogP contribution in [-0.2, 0) is 11.2 Å². The summed E-state index contributed by atoms with van der Waals surface area (Å²) in [6, 6.07) is 9.92. The second-order valence-electron chi connectivity index (χ2n) is 5.15. The van der Waals surface area contributed by atoms with E-state index < -0.39 is 5.67 Å². The molecule has 0 bridgehead atoms. The summed E-state index contributed by atoms with van der Waals surface area (Å²) in [5, 5.41) is 2.77. The number of methoxy groups -OCH3 is 1. The number of halogens is 1. The van der Waals surface area contributed by atoms with Crippen LogP contribution < -0.4 is 5.73 Å². The number of hydrogen-bond acceptors (Lipinski definition) is 4. The molecule has 1 unspecified atom stereocenters. The maximum absolute atomic E-state index is 14.9. The first-order chi connectivity index (χ1) is 10.2. The van der Waals surface area contributed by atoms with Crippen molar-refractivity contribution in [3.8, 4) is 11.3 Å². The Kier molecular flexibility index (Phi) is 5.85. The first kappa shape index (κ1) is 16.1. The van der Waals surface area contributed by atoms with Crippen LogP contribution in [0.25, 0.3) is 11.3 Å². The standard InChI is InChI=1S/C16H21FN2OS/c1-20-12-16(17,8-5-9-18)10-15-19-14(11-21-15)13-6-3-2-4-7-13/h2-4,6-7,11H,5,8-10,12,18H2,1H3. The predicted octanol–water partition coefficient (Wildman–Crippen LogP) is 3.45. The summed E-state index contributed by atoms with van der Waals surface area (Å²) >= 11 is 1.49. The molecule has 1 aromatic heterocycles. The van der Waals surface area contributed by atoms with Gasteiger partial charge in [-0.05, 0) is 19.4 Å². The fourth-order valence-electron chi connectivity index (χ4n) is 2.29. The summed E-state index contributed by atoms with van der Waals surface area (Å²) in [6.07, 6.45) is 1.33. The summed E-state index contributed by atoms with van der Waals surface area (Å²) in [6.45, 7) is 0.565. The van der Waals surface area contributed by atoms with E-state index in [9.17, 15) is 4.39 Å². The predicted molar refractivity (Wildman–Crippen MR) is 85.3 cm³/mol. The monoisotopic (exact) mass is 308 g/mol. The summed E-state index contributed by atoms with van der Waals surface area (Å²) in [4.78, 5) is 4.55. The molecule has 1 atom stereocenters. The SMILES string of the molecule is COCC(F)(CCCN)Cc1nc(-c2ccccc2)cs1. The molecule has 3 nitrogen and oxygen atoms in total. The molecule has 2 rings (SSSR count). The van der Waals surface area contributed by atoms with Crippen LogP contribution in [0.1, 0.15) is 17.8 Å².